The zero-order chi connectivity index (χ0) is 50.9. The SMILES string of the molecule is CCCCCCCCCCCCCCCCCC1CC(=O)NC(C(C)O)C(=O)NC(C(C)C)C(=O)NC(C)C(=O)N2CCCC2C(=O)NC(C(C)CC)C(=O)NC(C)C(=O)NC(C(C)O)C(=O)O1. The van der Waals surface area contributed by atoms with Gasteiger partial charge in [-0.1, -0.05) is 131 Å². The van der Waals surface area contributed by atoms with E-state index in [0.29, 0.717) is 25.7 Å². The third-order valence-corrected chi connectivity index (χ3v) is 13.3. The van der Waals surface area contributed by atoms with E-state index in [-0.39, 0.29) is 13.0 Å². The summed E-state index contributed by atoms with van der Waals surface area (Å²) in [5.41, 5.74) is 0. The zero-order valence-corrected chi connectivity index (χ0v) is 42.8. The number of aliphatic hydroxyl groups excluding tert-OH is 2. The van der Waals surface area contributed by atoms with Crippen LogP contribution in [0.5, 0.6) is 0 Å². The van der Waals surface area contributed by atoms with Crippen LogP contribution in [0.3, 0.4) is 0 Å². The molecule has 0 aliphatic carbocycles. The predicted octanol–water partition coefficient (Wildman–Crippen LogP) is 3.97. The Balaban J connectivity index is 2.34. The number of esters is 1. The number of amides is 7. The van der Waals surface area contributed by atoms with Crippen molar-refractivity contribution in [1.82, 2.24) is 36.8 Å². The number of carbonyl (C=O) groups excluding carboxylic acids is 8. The zero-order valence-electron chi connectivity index (χ0n) is 42.8. The number of ether oxygens (including phenoxy) is 1. The van der Waals surface area contributed by atoms with Gasteiger partial charge in [0, 0.05) is 6.54 Å². The number of hydrogen-bond donors (Lipinski definition) is 8. The Morgan fingerprint density at radius 1 is 0.559 bits per heavy atom. The van der Waals surface area contributed by atoms with Gasteiger partial charge >= 0.3 is 5.97 Å². The van der Waals surface area contributed by atoms with Crippen LogP contribution in [0.1, 0.15) is 191 Å². The van der Waals surface area contributed by atoms with Gasteiger partial charge in [0.1, 0.15) is 42.4 Å². The lowest BCUT2D eigenvalue weighted by Gasteiger charge is -2.31. The lowest BCUT2D eigenvalue weighted by molar-refractivity contribution is -0.158. The Kier molecular flexibility index (Phi) is 27.9. The van der Waals surface area contributed by atoms with Crippen LogP contribution in [-0.4, -0.2) is 130 Å². The number of nitrogens with one attached hydrogen (secondary N) is 6. The fourth-order valence-electron chi connectivity index (χ4n) is 8.70. The second-order valence-electron chi connectivity index (χ2n) is 19.8. The lowest BCUT2D eigenvalue weighted by Crippen LogP contribution is -2.61. The van der Waals surface area contributed by atoms with Crippen molar-refractivity contribution in [2.24, 2.45) is 11.8 Å². The van der Waals surface area contributed by atoms with Gasteiger partial charge in [-0.25, -0.2) is 4.79 Å². The van der Waals surface area contributed by atoms with Gasteiger partial charge in [-0.05, 0) is 65.2 Å². The van der Waals surface area contributed by atoms with Crippen LogP contribution in [0.25, 0.3) is 0 Å². The number of cyclic esters (lactones) is 1. The predicted molar refractivity (Wildman–Crippen MR) is 259 cm³/mol. The van der Waals surface area contributed by atoms with Crippen LogP contribution in [0.4, 0.5) is 0 Å². The topological polar surface area (TPSA) is 262 Å². The minimum Gasteiger partial charge on any atom is -0.460 e. The third-order valence-electron chi connectivity index (χ3n) is 13.3. The Bertz CT molecular complexity index is 1610. The quantitative estimate of drug-likeness (QED) is 0.0603. The first kappa shape index (κ1) is 59.8. The summed E-state index contributed by atoms with van der Waals surface area (Å²) in [5, 5.41) is 37.1. The minimum absolute atomic E-state index is 0.210. The van der Waals surface area contributed by atoms with E-state index in [1.54, 1.807) is 20.8 Å². The van der Waals surface area contributed by atoms with E-state index in [2.05, 4.69) is 38.8 Å². The normalized spacial score (nSPS) is 27.0. The molecule has 7 amide bonds. The Morgan fingerprint density at radius 2 is 1.03 bits per heavy atom. The van der Waals surface area contributed by atoms with Gasteiger partial charge in [-0.2, -0.15) is 0 Å². The first-order valence-corrected chi connectivity index (χ1v) is 25.9. The third kappa shape index (κ3) is 20.7. The van der Waals surface area contributed by atoms with Crippen molar-refractivity contribution >= 4 is 47.3 Å². The van der Waals surface area contributed by atoms with Crippen LogP contribution in [-0.2, 0) is 43.1 Å². The highest BCUT2D eigenvalue weighted by molar-refractivity contribution is 5.98. The molecular weight excluding hydrogens is 875 g/mol. The Labute approximate surface area is 406 Å². The second kappa shape index (κ2) is 31.7. The largest absolute Gasteiger partial charge is 0.460 e. The van der Waals surface area contributed by atoms with Gasteiger partial charge in [-0.3, -0.25) is 33.6 Å². The van der Waals surface area contributed by atoms with Crippen molar-refractivity contribution in [3.63, 3.8) is 0 Å². The molecule has 11 atom stereocenters. The Hall–Kier alpha value is -4.32. The van der Waals surface area contributed by atoms with Crippen LogP contribution < -0.4 is 31.9 Å². The molecule has 2 aliphatic heterocycles. The summed E-state index contributed by atoms with van der Waals surface area (Å²) in [6, 6.07) is -8.79. The molecule has 390 valence electrons. The molecule has 8 N–H and O–H groups in total. The maximum absolute atomic E-state index is 13.8. The van der Waals surface area contributed by atoms with E-state index in [0.717, 1.165) is 25.7 Å². The number of carbonyl (C=O) groups is 8. The molecule has 18 heteroatoms. The fraction of sp³-hybridized carbons (Fsp3) is 0.840. The van der Waals surface area contributed by atoms with Gasteiger partial charge in [0.2, 0.25) is 41.4 Å². The molecule has 2 saturated heterocycles. The molecule has 0 saturated carbocycles. The number of nitrogens with zero attached hydrogens (tertiary/aromatic N) is 1. The molecule has 11 unspecified atom stereocenters. The monoisotopic (exact) mass is 964 g/mol. The highest BCUT2D eigenvalue weighted by Gasteiger charge is 2.40. The van der Waals surface area contributed by atoms with Gasteiger partial charge in [-0.15, -0.1) is 0 Å². The minimum atomic E-state index is -1.60. The van der Waals surface area contributed by atoms with Crippen molar-refractivity contribution in [2.75, 3.05) is 6.54 Å². The summed E-state index contributed by atoms with van der Waals surface area (Å²) in [6.45, 7) is 14.8. The summed E-state index contributed by atoms with van der Waals surface area (Å²) < 4.78 is 5.82. The maximum atomic E-state index is 13.8. The van der Waals surface area contributed by atoms with Crippen molar-refractivity contribution in [1.29, 1.82) is 0 Å². The van der Waals surface area contributed by atoms with Crippen molar-refractivity contribution in [3.05, 3.63) is 0 Å². The molecule has 2 aliphatic rings. The first-order valence-electron chi connectivity index (χ1n) is 25.9. The summed E-state index contributed by atoms with van der Waals surface area (Å²) in [7, 11) is 0. The number of aliphatic hydroxyl groups is 2. The molecule has 0 aromatic rings. The van der Waals surface area contributed by atoms with Gasteiger partial charge < -0.3 is 51.8 Å². The lowest BCUT2D eigenvalue weighted by atomic mass is 9.97. The molecule has 2 rings (SSSR count). The number of rotatable bonds is 21. The smallest absolute Gasteiger partial charge is 0.331 e. The van der Waals surface area contributed by atoms with E-state index < -0.39 is 126 Å². The van der Waals surface area contributed by atoms with Crippen LogP contribution in [0.15, 0.2) is 0 Å². The van der Waals surface area contributed by atoms with Crippen molar-refractivity contribution in [2.45, 2.75) is 251 Å². The number of fused-ring (bicyclic) bond motifs is 1. The molecule has 2 heterocycles. The summed E-state index contributed by atoms with van der Waals surface area (Å²) in [6.07, 6.45) is 14.3. The fourth-order valence-corrected chi connectivity index (χ4v) is 8.70. The van der Waals surface area contributed by atoms with Gasteiger partial charge in [0.05, 0.1) is 18.6 Å². The van der Waals surface area contributed by atoms with Crippen LogP contribution in [0, 0.1) is 11.8 Å². The molecule has 2 fully saturated rings. The van der Waals surface area contributed by atoms with Gasteiger partial charge in [0.15, 0.2) is 6.04 Å². The molecule has 0 aromatic carbocycles. The summed E-state index contributed by atoms with van der Waals surface area (Å²) in [4.78, 5) is 111. The molecule has 18 nitrogen and oxygen atoms in total. The molecule has 0 spiro atoms. The van der Waals surface area contributed by atoms with Crippen molar-refractivity contribution in [3.8, 4) is 0 Å². The van der Waals surface area contributed by atoms with E-state index in [9.17, 15) is 48.6 Å². The molecule has 0 bridgehead atoms. The summed E-state index contributed by atoms with van der Waals surface area (Å²) in [5.74, 6) is -6.91. The first-order chi connectivity index (χ1) is 32.2. The molecule has 0 radical (unpaired) electrons. The van der Waals surface area contributed by atoms with Gasteiger partial charge in [0.25, 0.3) is 0 Å². The van der Waals surface area contributed by atoms with E-state index in [4.69, 9.17) is 4.74 Å². The second-order valence-corrected chi connectivity index (χ2v) is 19.8. The highest BCUT2D eigenvalue weighted by atomic mass is 16.5. The highest BCUT2D eigenvalue weighted by Crippen LogP contribution is 2.21. The average Bonchev–Trinajstić information content (AvgIpc) is 3.78. The van der Waals surface area contributed by atoms with E-state index in [1.165, 1.54) is 96.8 Å². The Morgan fingerprint density at radius 3 is 1.54 bits per heavy atom. The van der Waals surface area contributed by atoms with E-state index >= 15 is 0 Å². The molecular formula is C50H89N7O11. The summed E-state index contributed by atoms with van der Waals surface area (Å²) >= 11 is 0. The van der Waals surface area contributed by atoms with Crippen LogP contribution >= 0.6 is 0 Å². The molecule has 0 aromatic heterocycles. The van der Waals surface area contributed by atoms with Crippen LogP contribution in [0.2, 0.25) is 0 Å². The molecule has 68 heavy (non-hydrogen) atoms. The number of unbranched alkanes of at least 4 members (excludes halogenated alkanes) is 14. The standard InChI is InChI=1S/C50H89N7O11/c1-10-12-13-14-15-16-17-18-19-20-21-22-23-24-25-27-37-30-39(60)53-42(35(8)58)48(65)54-40(31(3)4)46(63)52-34(7)49(66)57-29-26-28-38(57)45(62)55-41(32(5)11-2)47(64)51-33(6)44(61)56-43(36(9)59)50(67)68-37/h31-38,40-43,58-59H,10-30H2,1-9H3,(H,51,64)(H,52,63)(H,53,60)(H,54,65)(H,55,62)(H,56,61). The van der Waals surface area contributed by atoms with Crippen molar-refractivity contribution < 1.29 is 53.3 Å². The number of hydrogen-bond acceptors (Lipinski definition) is 11. The average molecular weight is 964 g/mol. The van der Waals surface area contributed by atoms with E-state index in [1.807, 2.05) is 6.92 Å². The maximum Gasteiger partial charge on any atom is 0.331 e.